The summed E-state index contributed by atoms with van der Waals surface area (Å²) >= 11 is 0. The van der Waals surface area contributed by atoms with Crippen LogP contribution in [0.2, 0.25) is 0 Å². The molecule has 1 heterocycles. The first kappa shape index (κ1) is 17.7. The molecule has 2 rings (SSSR count). The number of nitrogens with zero attached hydrogens (tertiary/aromatic N) is 2. The first-order valence-electron chi connectivity index (χ1n) is 7.96. The van der Waals surface area contributed by atoms with Crippen molar-refractivity contribution < 1.29 is 19.1 Å². The maximum Gasteiger partial charge on any atom is 0.344 e. The topological polar surface area (TPSA) is 70.4 Å². The molecule has 0 N–H and O–H groups in total. The van der Waals surface area contributed by atoms with E-state index in [0.29, 0.717) is 5.56 Å². The number of aryl methyl sites for hydroxylation is 1. The van der Waals surface area contributed by atoms with E-state index in [4.69, 9.17) is 9.47 Å². The molecule has 24 heavy (non-hydrogen) atoms. The highest BCUT2D eigenvalue weighted by Gasteiger charge is 2.13. The van der Waals surface area contributed by atoms with Crippen molar-refractivity contribution in [3.05, 3.63) is 46.8 Å². The molecule has 6 heteroatoms. The van der Waals surface area contributed by atoms with E-state index >= 15 is 0 Å². The average molecular weight is 330 g/mol. The number of carbonyl (C=O) groups is 2. The monoisotopic (exact) mass is 330 g/mol. The molecular weight excluding hydrogens is 308 g/mol. The molecule has 0 fully saturated rings. The molecule has 128 valence electrons. The minimum Gasteiger partial charge on any atom is -0.463 e. The molecule has 0 spiro atoms. The van der Waals surface area contributed by atoms with E-state index < -0.39 is 11.9 Å². The predicted octanol–water partition coefficient (Wildman–Crippen LogP) is 2.77. The van der Waals surface area contributed by atoms with E-state index in [2.05, 4.69) is 12.0 Å². The van der Waals surface area contributed by atoms with Gasteiger partial charge in [0.25, 0.3) is 0 Å². The summed E-state index contributed by atoms with van der Waals surface area (Å²) in [6.07, 6.45) is 0.927. The maximum absolute atomic E-state index is 11.9. The van der Waals surface area contributed by atoms with Gasteiger partial charge in [-0.15, -0.1) is 0 Å². The van der Waals surface area contributed by atoms with Gasteiger partial charge in [-0.3, -0.25) is 0 Å². The standard InChI is InChI=1S/C18H22N2O4/c1-5-16-12(3)19-20(13(16)4)15-9-7-14(8-10-15)18(22)24-11-17(21)23-6-2/h7-10H,5-6,11H2,1-4H3. The van der Waals surface area contributed by atoms with Gasteiger partial charge in [0, 0.05) is 5.69 Å². The van der Waals surface area contributed by atoms with Crippen LogP contribution in [0.1, 0.15) is 41.2 Å². The first-order chi connectivity index (χ1) is 11.5. The number of hydrogen-bond donors (Lipinski definition) is 0. The van der Waals surface area contributed by atoms with Crippen LogP contribution in [-0.4, -0.2) is 34.9 Å². The van der Waals surface area contributed by atoms with Gasteiger partial charge in [0.1, 0.15) is 0 Å². The zero-order valence-corrected chi connectivity index (χ0v) is 14.5. The fourth-order valence-electron chi connectivity index (χ4n) is 2.59. The molecule has 2 aromatic rings. The Morgan fingerprint density at radius 3 is 2.29 bits per heavy atom. The number of hydrogen-bond acceptors (Lipinski definition) is 5. The highest BCUT2D eigenvalue weighted by molar-refractivity contribution is 5.90. The van der Waals surface area contributed by atoms with E-state index in [-0.39, 0.29) is 13.2 Å². The van der Waals surface area contributed by atoms with E-state index in [0.717, 1.165) is 23.5 Å². The Morgan fingerprint density at radius 2 is 1.75 bits per heavy atom. The molecule has 0 bridgehead atoms. The van der Waals surface area contributed by atoms with Gasteiger partial charge in [-0.2, -0.15) is 5.10 Å². The first-order valence-corrected chi connectivity index (χ1v) is 7.96. The molecule has 0 amide bonds. The van der Waals surface area contributed by atoms with Crippen LogP contribution in [0.25, 0.3) is 5.69 Å². The lowest BCUT2D eigenvalue weighted by Crippen LogP contribution is -2.16. The normalized spacial score (nSPS) is 10.5. The van der Waals surface area contributed by atoms with Crippen molar-refractivity contribution in [3.63, 3.8) is 0 Å². The molecule has 0 unspecified atom stereocenters. The molecule has 0 saturated heterocycles. The Bertz CT molecular complexity index is 732. The molecule has 0 aliphatic rings. The van der Waals surface area contributed by atoms with E-state index in [1.54, 1.807) is 31.2 Å². The Kier molecular flexibility index (Phi) is 5.73. The van der Waals surface area contributed by atoms with Gasteiger partial charge in [-0.25, -0.2) is 14.3 Å². The summed E-state index contributed by atoms with van der Waals surface area (Å²) in [4.78, 5) is 23.1. The lowest BCUT2D eigenvalue weighted by Gasteiger charge is -2.07. The molecular formula is C18H22N2O4. The summed E-state index contributed by atoms with van der Waals surface area (Å²) in [7, 11) is 0. The zero-order chi connectivity index (χ0) is 17.7. The number of benzene rings is 1. The summed E-state index contributed by atoms with van der Waals surface area (Å²) in [5.74, 6) is -1.12. The molecule has 0 saturated carbocycles. The zero-order valence-electron chi connectivity index (χ0n) is 14.5. The van der Waals surface area contributed by atoms with Crippen LogP contribution >= 0.6 is 0 Å². The van der Waals surface area contributed by atoms with E-state index in [1.165, 1.54) is 5.56 Å². The number of rotatable bonds is 6. The summed E-state index contributed by atoms with van der Waals surface area (Å²) in [6.45, 7) is 7.69. The SMILES string of the molecule is CCOC(=O)COC(=O)c1ccc(-n2nc(C)c(CC)c2C)cc1. The molecule has 0 aliphatic carbocycles. The van der Waals surface area contributed by atoms with Crippen molar-refractivity contribution in [1.29, 1.82) is 0 Å². The van der Waals surface area contributed by atoms with Crippen LogP contribution in [-0.2, 0) is 20.7 Å². The van der Waals surface area contributed by atoms with Gasteiger partial charge in [0.15, 0.2) is 6.61 Å². The van der Waals surface area contributed by atoms with Gasteiger partial charge in [-0.05, 0) is 57.0 Å². The number of carbonyl (C=O) groups excluding carboxylic acids is 2. The van der Waals surface area contributed by atoms with Crippen molar-refractivity contribution in [2.45, 2.75) is 34.1 Å². The Balaban J connectivity index is 2.10. The highest BCUT2D eigenvalue weighted by atomic mass is 16.6. The van der Waals surface area contributed by atoms with E-state index in [9.17, 15) is 9.59 Å². The van der Waals surface area contributed by atoms with Crippen LogP contribution in [0.5, 0.6) is 0 Å². The second kappa shape index (κ2) is 7.77. The molecule has 0 aliphatic heterocycles. The quantitative estimate of drug-likeness (QED) is 0.762. The van der Waals surface area contributed by atoms with Crippen molar-refractivity contribution in [2.75, 3.05) is 13.2 Å². The second-order valence-electron chi connectivity index (χ2n) is 5.34. The summed E-state index contributed by atoms with van der Waals surface area (Å²) in [5, 5.41) is 4.55. The van der Waals surface area contributed by atoms with Crippen molar-refractivity contribution >= 4 is 11.9 Å². The largest absolute Gasteiger partial charge is 0.463 e. The molecule has 1 aromatic carbocycles. The predicted molar refractivity (Wildman–Crippen MR) is 89.3 cm³/mol. The van der Waals surface area contributed by atoms with Crippen LogP contribution < -0.4 is 0 Å². The molecule has 0 atom stereocenters. The Labute approximate surface area is 141 Å². The van der Waals surface area contributed by atoms with Gasteiger partial charge < -0.3 is 9.47 Å². The van der Waals surface area contributed by atoms with Crippen LogP contribution in [0, 0.1) is 13.8 Å². The maximum atomic E-state index is 11.9. The number of ether oxygens (including phenoxy) is 2. The minimum atomic E-state index is -0.558. The van der Waals surface area contributed by atoms with Gasteiger partial charge >= 0.3 is 11.9 Å². The molecule has 6 nitrogen and oxygen atoms in total. The fraction of sp³-hybridized carbons (Fsp3) is 0.389. The lowest BCUT2D eigenvalue weighted by atomic mass is 10.1. The van der Waals surface area contributed by atoms with Crippen LogP contribution in [0.15, 0.2) is 24.3 Å². The number of aromatic nitrogens is 2. The van der Waals surface area contributed by atoms with Gasteiger partial charge in [0.05, 0.1) is 23.6 Å². The van der Waals surface area contributed by atoms with Crippen molar-refractivity contribution in [3.8, 4) is 5.69 Å². The molecule has 1 aromatic heterocycles. The summed E-state index contributed by atoms with van der Waals surface area (Å²) in [5.41, 5.74) is 4.58. The average Bonchev–Trinajstić information content (AvgIpc) is 2.87. The van der Waals surface area contributed by atoms with Crippen LogP contribution in [0.3, 0.4) is 0 Å². The van der Waals surface area contributed by atoms with Crippen molar-refractivity contribution in [2.24, 2.45) is 0 Å². The highest BCUT2D eigenvalue weighted by Crippen LogP contribution is 2.19. The minimum absolute atomic E-state index is 0.257. The smallest absolute Gasteiger partial charge is 0.344 e. The fourth-order valence-corrected chi connectivity index (χ4v) is 2.59. The lowest BCUT2D eigenvalue weighted by molar-refractivity contribution is -0.146. The van der Waals surface area contributed by atoms with E-state index in [1.807, 2.05) is 18.5 Å². The van der Waals surface area contributed by atoms with Crippen molar-refractivity contribution in [1.82, 2.24) is 9.78 Å². The molecule has 0 radical (unpaired) electrons. The third kappa shape index (κ3) is 3.82. The summed E-state index contributed by atoms with van der Waals surface area (Å²) in [6, 6.07) is 6.93. The number of esters is 2. The third-order valence-electron chi connectivity index (χ3n) is 3.77. The Morgan fingerprint density at radius 1 is 1.08 bits per heavy atom. The second-order valence-corrected chi connectivity index (χ2v) is 5.34. The van der Waals surface area contributed by atoms with Gasteiger partial charge in [0.2, 0.25) is 0 Å². The summed E-state index contributed by atoms with van der Waals surface area (Å²) < 4.78 is 11.5. The Hall–Kier alpha value is -2.63. The van der Waals surface area contributed by atoms with Gasteiger partial charge in [-0.1, -0.05) is 6.92 Å². The third-order valence-corrected chi connectivity index (χ3v) is 3.77. The van der Waals surface area contributed by atoms with Crippen LogP contribution in [0.4, 0.5) is 0 Å².